The summed E-state index contributed by atoms with van der Waals surface area (Å²) in [5.41, 5.74) is 3.73. The molecule has 4 aromatic rings. The van der Waals surface area contributed by atoms with Crippen LogP contribution in [0, 0.1) is 13.8 Å². The summed E-state index contributed by atoms with van der Waals surface area (Å²) >= 11 is 6.33. The molecule has 5 rings (SSSR count). The third-order valence-corrected chi connectivity index (χ3v) is 9.72. The predicted octanol–water partition coefficient (Wildman–Crippen LogP) is 6.83. The fourth-order valence-corrected chi connectivity index (χ4v) is 6.79. The SMILES string of the molecule is COC(=O)C1=C(C)N(c2ccc(OC)c(Cl)c2)C(=O)/C1=C/c1ccc(CN(Cc2ccc(C)cc2)S(=O)(=O)c2ccc(C)cc2)o1. The number of furan rings is 1. The Balaban J connectivity index is 1.48. The van der Waals surface area contributed by atoms with Crippen molar-refractivity contribution in [2.24, 2.45) is 0 Å². The van der Waals surface area contributed by atoms with Crippen LogP contribution in [-0.4, -0.2) is 38.8 Å². The molecule has 1 aliphatic heterocycles. The molecular formula is C35H33ClN2O7S. The van der Waals surface area contributed by atoms with Gasteiger partial charge in [-0.25, -0.2) is 13.2 Å². The predicted molar refractivity (Wildman–Crippen MR) is 176 cm³/mol. The van der Waals surface area contributed by atoms with Gasteiger partial charge in [0.25, 0.3) is 5.91 Å². The monoisotopic (exact) mass is 660 g/mol. The molecule has 0 spiro atoms. The Morgan fingerprint density at radius 3 is 2.17 bits per heavy atom. The van der Waals surface area contributed by atoms with Gasteiger partial charge in [-0.15, -0.1) is 0 Å². The minimum atomic E-state index is -3.91. The lowest BCUT2D eigenvalue weighted by Gasteiger charge is -2.22. The van der Waals surface area contributed by atoms with Gasteiger partial charge in [-0.1, -0.05) is 59.1 Å². The molecule has 0 bridgehead atoms. The number of ether oxygens (including phenoxy) is 2. The zero-order chi connectivity index (χ0) is 33.2. The van der Waals surface area contributed by atoms with E-state index in [-0.39, 0.29) is 34.9 Å². The van der Waals surface area contributed by atoms with E-state index in [2.05, 4.69) is 0 Å². The van der Waals surface area contributed by atoms with E-state index in [1.54, 1.807) is 61.5 Å². The summed E-state index contributed by atoms with van der Waals surface area (Å²) in [5, 5.41) is 0.295. The maximum atomic E-state index is 13.8. The lowest BCUT2D eigenvalue weighted by molar-refractivity contribution is -0.136. The standard InChI is InChI=1S/C35H33ClN2O7S/c1-22-6-10-25(11-7-22)20-37(46(41,42)29-15-8-23(2)9-16-29)21-28-14-13-27(45-28)19-30-33(35(40)44-5)24(3)38(34(30)39)26-12-17-32(43-4)31(36)18-26/h6-19H,20-21H2,1-5H3/b30-19+. The molecule has 46 heavy (non-hydrogen) atoms. The second kappa shape index (κ2) is 13.4. The number of amides is 1. The van der Waals surface area contributed by atoms with Crippen LogP contribution < -0.4 is 9.64 Å². The lowest BCUT2D eigenvalue weighted by Crippen LogP contribution is -2.30. The third-order valence-electron chi connectivity index (χ3n) is 7.62. The summed E-state index contributed by atoms with van der Waals surface area (Å²) in [6, 6.07) is 22.4. The number of rotatable bonds is 10. The van der Waals surface area contributed by atoms with Crippen molar-refractivity contribution in [3.63, 3.8) is 0 Å². The normalized spacial score (nSPS) is 14.5. The molecule has 2 heterocycles. The van der Waals surface area contributed by atoms with Crippen molar-refractivity contribution in [3.8, 4) is 5.75 Å². The van der Waals surface area contributed by atoms with Crippen LogP contribution in [0.25, 0.3) is 6.08 Å². The Morgan fingerprint density at radius 1 is 0.913 bits per heavy atom. The number of anilines is 1. The van der Waals surface area contributed by atoms with Gasteiger partial charge < -0.3 is 13.9 Å². The number of hydrogen-bond acceptors (Lipinski definition) is 7. The largest absolute Gasteiger partial charge is 0.495 e. The van der Waals surface area contributed by atoms with Crippen LogP contribution in [0.3, 0.4) is 0 Å². The Morgan fingerprint density at radius 2 is 1.57 bits per heavy atom. The van der Waals surface area contributed by atoms with E-state index in [1.165, 1.54) is 29.5 Å². The highest BCUT2D eigenvalue weighted by Crippen LogP contribution is 2.38. The van der Waals surface area contributed by atoms with Crippen molar-refractivity contribution >= 4 is 45.3 Å². The van der Waals surface area contributed by atoms with Crippen molar-refractivity contribution in [2.45, 2.75) is 38.8 Å². The van der Waals surface area contributed by atoms with Crippen LogP contribution >= 0.6 is 11.6 Å². The first kappa shape index (κ1) is 32.7. The van der Waals surface area contributed by atoms with Gasteiger partial charge in [0.05, 0.1) is 47.5 Å². The molecule has 11 heteroatoms. The fourth-order valence-electron chi connectivity index (χ4n) is 5.14. The fraction of sp³-hybridized carbons (Fsp3) is 0.200. The van der Waals surface area contributed by atoms with Gasteiger partial charge in [0, 0.05) is 12.2 Å². The molecule has 1 aliphatic rings. The Labute approximate surface area is 273 Å². The van der Waals surface area contributed by atoms with Crippen LogP contribution in [0.15, 0.2) is 105 Å². The van der Waals surface area contributed by atoms with Crippen LogP contribution in [-0.2, 0) is 37.4 Å². The number of nitrogens with zero attached hydrogens (tertiary/aromatic N) is 2. The number of carbonyl (C=O) groups excluding carboxylic acids is 2. The van der Waals surface area contributed by atoms with E-state index >= 15 is 0 Å². The molecule has 0 saturated heterocycles. The number of hydrogen-bond donors (Lipinski definition) is 0. The summed E-state index contributed by atoms with van der Waals surface area (Å²) in [5.74, 6) is -0.143. The van der Waals surface area contributed by atoms with E-state index in [0.29, 0.717) is 27.9 Å². The van der Waals surface area contributed by atoms with E-state index in [9.17, 15) is 18.0 Å². The topological polar surface area (TPSA) is 106 Å². The van der Waals surface area contributed by atoms with Crippen LogP contribution in [0.1, 0.15) is 35.1 Å². The highest BCUT2D eigenvalue weighted by Gasteiger charge is 2.38. The number of aryl methyl sites for hydroxylation is 2. The van der Waals surface area contributed by atoms with Crippen molar-refractivity contribution in [3.05, 3.63) is 129 Å². The maximum Gasteiger partial charge on any atom is 0.340 e. The van der Waals surface area contributed by atoms with Gasteiger partial charge >= 0.3 is 5.97 Å². The lowest BCUT2D eigenvalue weighted by atomic mass is 10.1. The second-order valence-electron chi connectivity index (χ2n) is 10.8. The molecular weight excluding hydrogens is 628 g/mol. The van der Waals surface area contributed by atoms with E-state index in [4.69, 9.17) is 25.5 Å². The van der Waals surface area contributed by atoms with Crippen molar-refractivity contribution in [2.75, 3.05) is 19.1 Å². The number of benzene rings is 3. The minimum absolute atomic E-state index is 0.0565. The molecule has 0 radical (unpaired) electrons. The molecule has 0 N–H and O–H groups in total. The third kappa shape index (κ3) is 6.64. The highest BCUT2D eigenvalue weighted by atomic mass is 35.5. The average molecular weight is 661 g/mol. The quantitative estimate of drug-likeness (QED) is 0.136. The van der Waals surface area contributed by atoms with Crippen LogP contribution in [0.4, 0.5) is 5.69 Å². The minimum Gasteiger partial charge on any atom is -0.495 e. The molecule has 3 aromatic carbocycles. The van der Waals surface area contributed by atoms with Gasteiger partial charge in [-0.3, -0.25) is 9.69 Å². The molecule has 0 unspecified atom stereocenters. The van der Waals surface area contributed by atoms with E-state index < -0.39 is 21.9 Å². The highest BCUT2D eigenvalue weighted by molar-refractivity contribution is 7.89. The molecule has 1 amide bonds. The van der Waals surface area contributed by atoms with Gasteiger partial charge in [-0.05, 0) is 74.9 Å². The summed E-state index contributed by atoms with van der Waals surface area (Å²) in [4.78, 5) is 28.2. The summed E-state index contributed by atoms with van der Waals surface area (Å²) in [6.07, 6.45) is 1.45. The maximum absolute atomic E-state index is 13.8. The number of halogens is 1. The molecule has 0 saturated carbocycles. The molecule has 238 valence electrons. The van der Waals surface area contributed by atoms with Gasteiger partial charge in [0.15, 0.2) is 0 Å². The van der Waals surface area contributed by atoms with Crippen molar-refractivity contribution < 1.29 is 31.9 Å². The van der Waals surface area contributed by atoms with Crippen LogP contribution in [0.5, 0.6) is 5.75 Å². The number of carbonyl (C=O) groups is 2. The smallest absolute Gasteiger partial charge is 0.340 e. The molecule has 1 aromatic heterocycles. The number of esters is 1. The van der Waals surface area contributed by atoms with Gasteiger partial charge in [0.2, 0.25) is 10.0 Å². The van der Waals surface area contributed by atoms with Gasteiger partial charge in [-0.2, -0.15) is 4.31 Å². The molecule has 0 aliphatic carbocycles. The first-order valence-electron chi connectivity index (χ1n) is 14.3. The first-order valence-corrected chi connectivity index (χ1v) is 16.1. The van der Waals surface area contributed by atoms with Crippen molar-refractivity contribution in [1.82, 2.24) is 4.31 Å². The zero-order valence-electron chi connectivity index (χ0n) is 26.0. The molecule has 9 nitrogen and oxygen atoms in total. The first-order chi connectivity index (χ1) is 21.9. The average Bonchev–Trinajstić information content (AvgIpc) is 3.58. The Kier molecular flexibility index (Phi) is 9.52. The zero-order valence-corrected chi connectivity index (χ0v) is 27.6. The summed E-state index contributed by atoms with van der Waals surface area (Å²) in [6.45, 7) is 5.53. The number of methoxy groups -OCH3 is 2. The summed E-state index contributed by atoms with van der Waals surface area (Å²) < 4.78 is 45.3. The van der Waals surface area contributed by atoms with E-state index in [1.807, 2.05) is 38.1 Å². The summed E-state index contributed by atoms with van der Waals surface area (Å²) in [7, 11) is -1.19. The van der Waals surface area contributed by atoms with Crippen LogP contribution in [0.2, 0.25) is 5.02 Å². The van der Waals surface area contributed by atoms with Crippen molar-refractivity contribution in [1.29, 1.82) is 0 Å². The number of allylic oxidation sites excluding steroid dienone is 1. The Hall–Kier alpha value is -4.64. The second-order valence-corrected chi connectivity index (χ2v) is 13.2. The van der Waals surface area contributed by atoms with E-state index in [0.717, 1.165) is 16.7 Å². The Bertz CT molecular complexity index is 1960. The number of sulfonamides is 1. The molecule has 0 atom stereocenters. The van der Waals surface area contributed by atoms with Gasteiger partial charge in [0.1, 0.15) is 17.3 Å². The molecule has 0 fully saturated rings.